The van der Waals surface area contributed by atoms with E-state index >= 15 is 0 Å². The van der Waals surface area contributed by atoms with Crippen LogP contribution in [0.15, 0.2) is 29.3 Å². The molecule has 178 valence electrons. The topological polar surface area (TPSA) is 144 Å². The molecule has 1 aliphatic heterocycles. The number of aryl methyl sites for hydroxylation is 1. The number of benzene rings is 1. The van der Waals surface area contributed by atoms with Gasteiger partial charge in [-0.15, -0.1) is 0 Å². The number of carbonyl (C=O) groups is 1. The van der Waals surface area contributed by atoms with Crippen LogP contribution in [0, 0.1) is 6.92 Å². The number of aromatic nitrogens is 2. The van der Waals surface area contributed by atoms with E-state index in [1.165, 1.54) is 6.20 Å². The second-order valence-electron chi connectivity index (χ2n) is 9.05. The second-order valence-corrected chi connectivity index (χ2v) is 11.0. The summed E-state index contributed by atoms with van der Waals surface area (Å²) in [6, 6.07) is 5.24. The molecule has 5 N–H and O–H groups in total. The molecule has 4 rings (SSSR count). The molecule has 9 nitrogen and oxygen atoms in total. The van der Waals surface area contributed by atoms with Crippen molar-refractivity contribution >= 4 is 27.4 Å². The molecule has 1 unspecified atom stereocenters. The molecule has 0 spiro atoms. The fourth-order valence-electron chi connectivity index (χ4n) is 4.67. The first-order valence-electron chi connectivity index (χ1n) is 11.6. The van der Waals surface area contributed by atoms with Gasteiger partial charge in [-0.2, -0.15) is 4.31 Å². The highest BCUT2D eigenvalue weighted by atomic mass is 32.2. The molecule has 1 amide bonds. The van der Waals surface area contributed by atoms with E-state index in [9.17, 15) is 13.2 Å². The third-order valence-corrected chi connectivity index (χ3v) is 8.58. The van der Waals surface area contributed by atoms with Crippen LogP contribution in [0.25, 0.3) is 0 Å². The largest absolute Gasteiger partial charge is 0.365 e. The lowest BCUT2D eigenvalue weighted by Gasteiger charge is -2.27. The summed E-state index contributed by atoms with van der Waals surface area (Å²) in [5.41, 5.74) is 13.0. The third kappa shape index (κ3) is 5.18. The smallest absolute Gasteiger partial charge is 0.254 e. The molecule has 0 radical (unpaired) electrons. The Balaban J connectivity index is 1.66. The van der Waals surface area contributed by atoms with Crippen LogP contribution in [0.1, 0.15) is 72.6 Å². The number of nitrogens with zero attached hydrogens (tertiary/aromatic N) is 3. The Hall–Kier alpha value is -2.56. The maximum Gasteiger partial charge on any atom is 0.254 e. The van der Waals surface area contributed by atoms with E-state index in [1.54, 1.807) is 29.4 Å². The van der Waals surface area contributed by atoms with Crippen molar-refractivity contribution in [2.75, 3.05) is 18.4 Å². The monoisotopic (exact) mass is 472 g/mol. The predicted molar refractivity (Wildman–Crippen MR) is 127 cm³/mol. The minimum Gasteiger partial charge on any atom is -0.365 e. The molecule has 1 aliphatic carbocycles. The molecule has 1 aromatic heterocycles. The first-order valence-corrected chi connectivity index (χ1v) is 13.0. The molecule has 10 heteroatoms. The Morgan fingerprint density at radius 3 is 2.61 bits per heavy atom. The highest BCUT2D eigenvalue weighted by molar-refractivity contribution is 7.89. The van der Waals surface area contributed by atoms with E-state index in [0.29, 0.717) is 30.2 Å². The zero-order valence-corrected chi connectivity index (χ0v) is 19.8. The van der Waals surface area contributed by atoms with Crippen molar-refractivity contribution in [2.45, 2.75) is 68.7 Å². The summed E-state index contributed by atoms with van der Waals surface area (Å²) >= 11 is 0. The van der Waals surface area contributed by atoms with Crippen molar-refractivity contribution in [3.63, 3.8) is 0 Å². The molecular weight excluding hydrogens is 440 g/mol. The number of primary amides is 1. The van der Waals surface area contributed by atoms with E-state index in [4.69, 9.17) is 11.5 Å². The molecular formula is C23H32N6O3S. The molecule has 1 aromatic carbocycles. The standard InChI is InChI=1S/C23H32N6O3S/c1-15-8-9-18(13-20(15)33(31,32)29-10-3-2-4-11-29)27-23-19(21(25)30)14-26-22(28-23)16-6-5-7-17(24)12-16/h8-9,13-14,16-17H,2-7,10-12,24H2,1H3,(H2,25,30)(H,26,27,28)/t16?,17-/m0/s1. The third-order valence-electron chi connectivity index (χ3n) is 6.54. The van der Waals surface area contributed by atoms with Gasteiger partial charge in [0.1, 0.15) is 17.2 Å². The van der Waals surface area contributed by atoms with Crippen molar-refractivity contribution in [2.24, 2.45) is 11.5 Å². The summed E-state index contributed by atoms with van der Waals surface area (Å²) in [7, 11) is -3.61. The minimum atomic E-state index is -3.61. The van der Waals surface area contributed by atoms with Crippen LogP contribution in [0.4, 0.5) is 11.5 Å². The fourth-order valence-corrected chi connectivity index (χ4v) is 6.43. The Bertz CT molecular complexity index is 1130. The highest BCUT2D eigenvalue weighted by Crippen LogP contribution is 2.32. The SMILES string of the molecule is Cc1ccc(Nc2nc(C3CCC[C@H](N)C3)ncc2C(N)=O)cc1S(=O)(=O)N1CCCCC1. The van der Waals surface area contributed by atoms with E-state index in [2.05, 4.69) is 15.3 Å². The molecule has 2 atom stereocenters. The van der Waals surface area contributed by atoms with Gasteiger partial charge in [0.25, 0.3) is 5.91 Å². The van der Waals surface area contributed by atoms with Gasteiger partial charge in [-0.3, -0.25) is 4.79 Å². The van der Waals surface area contributed by atoms with Crippen molar-refractivity contribution in [1.82, 2.24) is 14.3 Å². The lowest BCUT2D eigenvalue weighted by atomic mass is 9.85. The van der Waals surface area contributed by atoms with Crippen LogP contribution >= 0.6 is 0 Å². The fraction of sp³-hybridized carbons (Fsp3) is 0.522. The number of amides is 1. The van der Waals surface area contributed by atoms with Crippen molar-refractivity contribution < 1.29 is 13.2 Å². The van der Waals surface area contributed by atoms with Gasteiger partial charge in [-0.25, -0.2) is 18.4 Å². The maximum atomic E-state index is 13.3. The van der Waals surface area contributed by atoms with Crippen LogP contribution < -0.4 is 16.8 Å². The zero-order chi connectivity index (χ0) is 23.6. The van der Waals surface area contributed by atoms with Gasteiger partial charge in [0.15, 0.2) is 0 Å². The normalized spacial score (nSPS) is 22.1. The number of nitrogens with two attached hydrogens (primary N) is 2. The molecule has 0 bridgehead atoms. The van der Waals surface area contributed by atoms with Crippen molar-refractivity contribution in [3.8, 4) is 0 Å². The summed E-state index contributed by atoms with van der Waals surface area (Å²) in [6.07, 6.45) is 7.93. The Morgan fingerprint density at radius 1 is 1.15 bits per heavy atom. The number of sulfonamides is 1. The van der Waals surface area contributed by atoms with E-state index in [-0.39, 0.29) is 28.2 Å². The summed E-state index contributed by atoms with van der Waals surface area (Å²) in [6.45, 7) is 2.85. The van der Waals surface area contributed by atoms with Gasteiger partial charge in [0, 0.05) is 36.9 Å². The van der Waals surface area contributed by atoms with Crippen molar-refractivity contribution in [3.05, 3.63) is 41.3 Å². The van der Waals surface area contributed by atoms with Gasteiger partial charge >= 0.3 is 0 Å². The molecule has 2 heterocycles. The number of hydrogen-bond acceptors (Lipinski definition) is 7. The van der Waals surface area contributed by atoms with Crippen LogP contribution in [0.5, 0.6) is 0 Å². The summed E-state index contributed by atoms with van der Waals surface area (Å²) in [5, 5.41) is 3.12. The number of rotatable bonds is 6. The zero-order valence-electron chi connectivity index (χ0n) is 19.0. The first-order chi connectivity index (χ1) is 15.8. The molecule has 2 fully saturated rings. The summed E-state index contributed by atoms with van der Waals surface area (Å²) < 4.78 is 28.1. The molecule has 33 heavy (non-hydrogen) atoms. The number of piperidine rings is 1. The molecule has 2 aliphatic rings. The lowest BCUT2D eigenvalue weighted by Crippen LogP contribution is -2.36. The van der Waals surface area contributed by atoms with Crippen LogP contribution in [0.2, 0.25) is 0 Å². The number of hydrogen-bond donors (Lipinski definition) is 3. The van der Waals surface area contributed by atoms with Crippen LogP contribution in [0.3, 0.4) is 0 Å². The number of anilines is 2. The average molecular weight is 473 g/mol. The Kier molecular flexibility index (Phi) is 6.96. The van der Waals surface area contributed by atoms with Crippen LogP contribution in [-0.4, -0.2) is 47.7 Å². The Labute approximate surface area is 195 Å². The van der Waals surface area contributed by atoms with E-state index in [1.807, 2.05) is 0 Å². The van der Waals surface area contributed by atoms with Gasteiger partial charge in [0.05, 0.1) is 4.90 Å². The quantitative estimate of drug-likeness (QED) is 0.586. The van der Waals surface area contributed by atoms with Crippen LogP contribution in [-0.2, 0) is 10.0 Å². The summed E-state index contributed by atoms with van der Waals surface area (Å²) in [5.74, 6) is 0.352. The van der Waals surface area contributed by atoms with Gasteiger partial charge in [0.2, 0.25) is 10.0 Å². The number of carbonyl (C=O) groups excluding carboxylic acids is 1. The number of nitrogens with one attached hydrogen (secondary N) is 1. The molecule has 1 saturated heterocycles. The molecule has 1 saturated carbocycles. The minimum absolute atomic E-state index is 0.110. The highest BCUT2D eigenvalue weighted by Gasteiger charge is 2.28. The summed E-state index contributed by atoms with van der Waals surface area (Å²) in [4.78, 5) is 21.3. The maximum absolute atomic E-state index is 13.3. The second kappa shape index (κ2) is 9.74. The van der Waals surface area contributed by atoms with E-state index < -0.39 is 15.9 Å². The Morgan fingerprint density at radius 2 is 1.91 bits per heavy atom. The average Bonchev–Trinajstić information content (AvgIpc) is 2.80. The van der Waals surface area contributed by atoms with Gasteiger partial charge < -0.3 is 16.8 Å². The molecule has 2 aromatic rings. The lowest BCUT2D eigenvalue weighted by molar-refractivity contribution is 0.100. The van der Waals surface area contributed by atoms with Crippen molar-refractivity contribution in [1.29, 1.82) is 0 Å². The van der Waals surface area contributed by atoms with Gasteiger partial charge in [-0.05, 0) is 56.7 Å². The predicted octanol–water partition coefficient (Wildman–Crippen LogP) is 2.79. The van der Waals surface area contributed by atoms with E-state index in [0.717, 1.165) is 44.9 Å². The van der Waals surface area contributed by atoms with Gasteiger partial charge in [-0.1, -0.05) is 18.9 Å². The first kappa shape index (κ1) is 23.6.